The summed E-state index contributed by atoms with van der Waals surface area (Å²) in [6, 6.07) is 1.39. The number of hydrogen-bond acceptors (Lipinski definition) is 4. The maximum absolute atomic E-state index is 10.9. The minimum Gasteiger partial charge on any atom is -0.276 e. The third-order valence-corrected chi connectivity index (χ3v) is 2.87. The Kier molecular flexibility index (Phi) is 1.74. The van der Waals surface area contributed by atoms with E-state index < -0.39 is 9.05 Å². The molecule has 2 rings (SSSR count). The van der Waals surface area contributed by atoms with Gasteiger partial charge in [-0.2, -0.15) is 5.10 Å². The van der Waals surface area contributed by atoms with Gasteiger partial charge >= 0.3 is 0 Å². The molecule has 1 N–H and O–H groups in total. The van der Waals surface area contributed by atoms with Crippen molar-refractivity contribution in [2.24, 2.45) is 0 Å². The van der Waals surface area contributed by atoms with Crippen LogP contribution in [0.2, 0.25) is 0 Å². The molecule has 0 unspecified atom stereocenters. The number of aromatic amines is 1. The first-order chi connectivity index (χ1) is 6.07. The molecule has 68 valence electrons. The average molecular weight is 218 g/mol. The van der Waals surface area contributed by atoms with Gasteiger partial charge in [0.1, 0.15) is 10.4 Å². The Bertz CT molecular complexity index is 548. The van der Waals surface area contributed by atoms with E-state index in [9.17, 15) is 8.42 Å². The van der Waals surface area contributed by atoms with Crippen LogP contribution in [0.3, 0.4) is 0 Å². The van der Waals surface area contributed by atoms with Crippen LogP contribution in [0.15, 0.2) is 23.4 Å². The van der Waals surface area contributed by atoms with Crippen molar-refractivity contribution in [1.82, 2.24) is 15.2 Å². The number of pyridine rings is 1. The lowest BCUT2D eigenvalue weighted by atomic mass is 10.4. The number of nitrogens with zero attached hydrogens (tertiary/aromatic N) is 2. The molecule has 2 heterocycles. The van der Waals surface area contributed by atoms with Gasteiger partial charge in [-0.3, -0.25) is 10.1 Å². The van der Waals surface area contributed by atoms with Crippen molar-refractivity contribution in [2.75, 3.05) is 0 Å². The summed E-state index contributed by atoms with van der Waals surface area (Å²) >= 11 is 0. The summed E-state index contributed by atoms with van der Waals surface area (Å²) in [4.78, 5) is 3.81. The second-order valence-corrected chi connectivity index (χ2v) is 4.98. The van der Waals surface area contributed by atoms with Gasteiger partial charge in [-0.25, -0.2) is 8.42 Å². The zero-order valence-electron chi connectivity index (χ0n) is 6.23. The highest BCUT2D eigenvalue weighted by molar-refractivity contribution is 8.13. The van der Waals surface area contributed by atoms with Crippen molar-refractivity contribution in [2.45, 2.75) is 4.90 Å². The second-order valence-electron chi connectivity index (χ2n) is 2.41. The van der Waals surface area contributed by atoms with Crippen LogP contribution < -0.4 is 0 Å². The highest BCUT2D eigenvalue weighted by Gasteiger charge is 2.11. The molecule has 7 heteroatoms. The Morgan fingerprint density at radius 3 is 2.85 bits per heavy atom. The van der Waals surface area contributed by atoms with E-state index in [1.807, 2.05) is 0 Å². The lowest BCUT2D eigenvalue weighted by molar-refractivity contribution is 0.609. The van der Waals surface area contributed by atoms with E-state index in [1.165, 1.54) is 18.5 Å². The van der Waals surface area contributed by atoms with E-state index >= 15 is 0 Å². The molecule has 0 aliphatic heterocycles. The molecule has 2 aromatic rings. The fourth-order valence-corrected chi connectivity index (χ4v) is 1.64. The molecular formula is C6H4ClN3O2S. The van der Waals surface area contributed by atoms with Crippen LogP contribution in [0.4, 0.5) is 0 Å². The molecule has 0 saturated heterocycles. The molecule has 0 saturated carbocycles. The third-order valence-electron chi connectivity index (χ3n) is 1.55. The highest BCUT2D eigenvalue weighted by atomic mass is 35.7. The van der Waals surface area contributed by atoms with E-state index in [1.54, 1.807) is 0 Å². The van der Waals surface area contributed by atoms with Crippen molar-refractivity contribution < 1.29 is 8.42 Å². The Morgan fingerprint density at radius 1 is 1.38 bits per heavy atom. The topological polar surface area (TPSA) is 75.7 Å². The highest BCUT2D eigenvalue weighted by Crippen LogP contribution is 2.17. The van der Waals surface area contributed by atoms with E-state index in [4.69, 9.17) is 10.7 Å². The second kappa shape index (κ2) is 2.68. The largest absolute Gasteiger partial charge is 0.276 e. The van der Waals surface area contributed by atoms with Crippen molar-refractivity contribution >= 4 is 30.8 Å². The lowest BCUT2D eigenvalue weighted by Crippen LogP contribution is -1.91. The first-order valence-corrected chi connectivity index (χ1v) is 5.62. The number of H-pyrrole nitrogens is 1. The van der Waals surface area contributed by atoms with Crippen LogP contribution >= 0.6 is 10.7 Å². The molecule has 13 heavy (non-hydrogen) atoms. The van der Waals surface area contributed by atoms with Gasteiger partial charge < -0.3 is 0 Å². The van der Waals surface area contributed by atoms with Crippen LogP contribution in [0.5, 0.6) is 0 Å². The van der Waals surface area contributed by atoms with E-state index in [-0.39, 0.29) is 4.90 Å². The first kappa shape index (κ1) is 8.46. The van der Waals surface area contributed by atoms with Crippen LogP contribution in [0, 0.1) is 0 Å². The van der Waals surface area contributed by atoms with Crippen molar-refractivity contribution in [3.63, 3.8) is 0 Å². The van der Waals surface area contributed by atoms with Gasteiger partial charge in [0.15, 0.2) is 0 Å². The fourth-order valence-electron chi connectivity index (χ4n) is 0.945. The van der Waals surface area contributed by atoms with Crippen LogP contribution in [-0.4, -0.2) is 23.6 Å². The molecular weight excluding hydrogens is 214 g/mol. The SMILES string of the molecule is O=S(=O)(Cl)c1cnc2cn[nH]c2c1. The molecule has 0 fully saturated rings. The van der Waals surface area contributed by atoms with Gasteiger partial charge in [0.2, 0.25) is 0 Å². The molecule has 0 aromatic carbocycles. The predicted molar refractivity (Wildman–Crippen MR) is 46.9 cm³/mol. The Balaban J connectivity index is 2.75. The maximum Gasteiger partial charge on any atom is 0.262 e. The number of aromatic nitrogens is 3. The van der Waals surface area contributed by atoms with Gasteiger partial charge in [0.25, 0.3) is 9.05 Å². The van der Waals surface area contributed by atoms with E-state index in [2.05, 4.69) is 15.2 Å². The van der Waals surface area contributed by atoms with Gasteiger partial charge in [-0.15, -0.1) is 0 Å². The minimum absolute atomic E-state index is 0.0362. The van der Waals surface area contributed by atoms with Gasteiger partial charge in [0, 0.05) is 16.9 Å². The van der Waals surface area contributed by atoms with Crippen LogP contribution in [0.25, 0.3) is 11.0 Å². The molecule has 0 aliphatic carbocycles. The predicted octanol–water partition coefficient (Wildman–Crippen LogP) is 0.885. The summed E-state index contributed by atoms with van der Waals surface area (Å²) in [6.45, 7) is 0. The Labute approximate surface area is 78.2 Å². The summed E-state index contributed by atoms with van der Waals surface area (Å²) in [5, 5.41) is 6.30. The average Bonchev–Trinajstić information content (AvgIpc) is 2.47. The summed E-state index contributed by atoms with van der Waals surface area (Å²) < 4.78 is 21.8. The van der Waals surface area contributed by atoms with Gasteiger partial charge in [-0.1, -0.05) is 0 Å². The number of hydrogen-bond donors (Lipinski definition) is 1. The summed E-state index contributed by atoms with van der Waals surface area (Å²) in [6.07, 6.45) is 2.69. The van der Waals surface area contributed by atoms with E-state index in [0.29, 0.717) is 11.0 Å². The molecule has 5 nitrogen and oxygen atoms in total. The zero-order chi connectivity index (χ0) is 9.47. The third kappa shape index (κ3) is 1.50. The molecule has 0 aliphatic rings. The smallest absolute Gasteiger partial charge is 0.262 e. The molecule has 0 bridgehead atoms. The lowest BCUT2D eigenvalue weighted by Gasteiger charge is -1.93. The fraction of sp³-hybridized carbons (Fsp3) is 0. The van der Waals surface area contributed by atoms with Crippen molar-refractivity contribution in [1.29, 1.82) is 0 Å². The monoisotopic (exact) mass is 217 g/mol. The summed E-state index contributed by atoms with van der Waals surface area (Å²) in [5.41, 5.74) is 1.14. The minimum atomic E-state index is -3.71. The molecule has 0 atom stereocenters. The summed E-state index contributed by atoms with van der Waals surface area (Å²) in [7, 11) is 1.41. The van der Waals surface area contributed by atoms with E-state index in [0.717, 1.165) is 0 Å². The Hall–Kier alpha value is -1.14. The molecule has 0 amide bonds. The number of fused-ring (bicyclic) bond motifs is 1. The van der Waals surface area contributed by atoms with Gasteiger partial charge in [-0.05, 0) is 6.07 Å². The summed E-state index contributed by atoms with van der Waals surface area (Å²) in [5.74, 6) is 0. The van der Waals surface area contributed by atoms with Gasteiger partial charge in [0.05, 0.1) is 11.7 Å². The normalized spacial score (nSPS) is 12.1. The number of rotatable bonds is 1. The molecule has 0 radical (unpaired) electrons. The van der Waals surface area contributed by atoms with Crippen LogP contribution in [0.1, 0.15) is 0 Å². The van der Waals surface area contributed by atoms with Crippen LogP contribution in [-0.2, 0) is 9.05 Å². The molecule has 2 aromatic heterocycles. The maximum atomic E-state index is 10.9. The number of nitrogens with one attached hydrogen (secondary N) is 1. The standard InChI is InChI=1S/C6H4ClN3O2S/c7-13(11,12)4-1-5-6(8-2-4)3-9-10-5/h1-3H,(H,9,10). The van der Waals surface area contributed by atoms with Crippen molar-refractivity contribution in [3.8, 4) is 0 Å². The Morgan fingerprint density at radius 2 is 2.15 bits per heavy atom. The first-order valence-electron chi connectivity index (χ1n) is 3.31. The quantitative estimate of drug-likeness (QED) is 0.720. The zero-order valence-corrected chi connectivity index (χ0v) is 7.80. The number of halogens is 1. The molecule has 0 spiro atoms. The van der Waals surface area contributed by atoms with Crippen molar-refractivity contribution in [3.05, 3.63) is 18.5 Å².